The first-order valence-corrected chi connectivity index (χ1v) is 7.67. The summed E-state index contributed by atoms with van der Waals surface area (Å²) in [5.41, 5.74) is 0.986. The molecule has 1 fully saturated rings. The number of nitrogens with zero attached hydrogens (tertiary/aromatic N) is 1. The minimum Gasteiger partial charge on any atom is -0.383 e. The number of hydrogen-bond acceptors (Lipinski definition) is 2. The van der Waals surface area contributed by atoms with Gasteiger partial charge in [0.15, 0.2) is 0 Å². The van der Waals surface area contributed by atoms with Crippen LogP contribution < -0.4 is 0 Å². The summed E-state index contributed by atoms with van der Waals surface area (Å²) >= 11 is 0. The van der Waals surface area contributed by atoms with Crippen LogP contribution in [0.1, 0.15) is 47.8 Å². The zero-order valence-corrected chi connectivity index (χ0v) is 12.8. The van der Waals surface area contributed by atoms with Gasteiger partial charge in [0.1, 0.15) is 5.60 Å². The average Bonchev–Trinajstić information content (AvgIpc) is 2.93. The summed E-state index contributed by atoms with van der Waals surface area (Å²) in [7, 11) is 0. The normalized spacial score (nSPS) is 28.6. The summed E-state index contributed by atoms with van der Waals surface area (Å²) in [6, 6.07) is 17.4. The van der Waals surface area contributed by atoms with E-state index in [9.17, 15) is 9.90 Å². The molecule has 2 aromatic carbocycles. The molecule has 1 N–H and O–H groups in total. The molecule has 1 amide bonds. The molecule has 0 aromatic heterocycles. The molecule has 2 heterocycles. The number of hydrogen-bond donors (Lipinski definition) is 1. The molecule has 112 valence electrons. The highest BCUT2D eigenvalue weighted by Gasteiger charge is 2.62. The van der Waals surface area contributed by atoms with Gasteiger partial charge in [-0.2, -0.15) is 0 Å². The summed E-state index contributed by atoms with van der Waals surface area (Å²) in [5, 5.41) is 11.4. The van der Waals surface area contributed by atoms with Gasteiger partial charge < -0.3 is 10.0 Å². The molecule has 0 aliphatic carbocycles. The molecule has 4 rings (SSSR count). The first-order chi connectivity index (χ1) is 10.5. The van der Waals surface area contributed by atoms with Crippen LogP contribution in [0, 0.1) is 0 Å². The molecular weight excluding hydrogens is 274 g/mol. The summed E-state index contributed by atoms with van der Waals surface area (Å²) in [6.07, 6.45) is 0.534. The van der Waals surface area contributed by atoms with E-state index in [-0.39, 0.29) is 11.9 Å². The molecule has 3 nitrogen and oxygen atoms in total. The Kier molecular flexibility index (Phi) is 2.58. The number of carbonyl (C=O) groups excluding carboxylic acids is 1. The van der Waals surface area contributed by atoms with E-state index in [4.69, 9.17) is 0 Å². The van der Waals surface area contributed by atoms with Crippen LogP contribution in [0.3, 0.4) is 0 Å². The first kappa shape index (κ1) is 13.5. The van der Waals surface area contributed by atoms with Crippen LogP contribution in [0.2, 0.25) is 0 Å². The molecule has 1 unspecified atom stereocenters. The average molecular weight is 293 g/mol. The Morgan fingerprint density at radius 2 is 1.68 bits per heavy atom. The molecule has 2 aliphatic heterocycles. The maximum atomic E-state index is 12.8. The smallest absolute Gasteiger partial charge is 0.255 e. The Labute approximate surface area is 130 Å². The van der Waals surface area contributed by atoms with E-state index in [2.05, 4.69) is 0 Å². The number of fused-ring (bicyclic) bond motifs is 3. The van der Waals surface area contributed by atoms with Crippen LogP contribution in [0.4, 0.5) is 0 Å². The monoisotopic (exact) mass is 293 g/mol. The van der Waals surface area contributed by atoms with Crippen LogP contribution in [-0.4, -0.2) is 21.5 Å². The van der Waals surface area contributed by atoms with Crippen LogP contribution in [-0.2, 0) is 5.60 Å². The minimum atomic E-state index is -1.04. The van der Waals surface area contributed by atoms with E-state index in [1.807, 2.05) is 73.3 Å². The Bertz CT molecular complexity index is 753. The zero-order chi connectivity index (χ0) is 15.5. The molecular formula is C19H19NO2. The van der Waals surface area contributed by atoms with E-state index in [1.54, 1.807) is 0 Å². The molecule has 2 aliphatic rings. The lowest BCUT2D eigenvalue weighted by atomic mass is 9.76. The molecule has 1 saturated heterocycles. The summed E-state index contributed by atoms with van der Waals surface area (Å²) in [4.78, 5) is 14.7. The number of rotatable bonds is 1. The van der Waals surface area contributed by atoms with Crippen molar-refractivity contribution in [2.75, 3.05) is 0 Å². The van der Waals surface area contributed by atoms with Crippen molar-refractivity contribution in [3.63, 3.8) is 0 Å². The molecule has 2 atom stereocenters. The zero-order valence-electron chi connectivity index (χ0n) is 12.8. The fraction of sp³-hybridized carbons (Fsp3) is 0.316. The fourth-order valence-electron chi connectivity index (χ4n) is 4.15. The van der Waals surface area contributed by atoms with Gasteiger partial charge in [-0.3, -0.25) is 4.79 Å². The van der Waals surface area contributed by atoms with Gasteiger partial charge in [0.05, 0.1) is 11.6 Å². The largest absolute Gasteiger partial charge is 0.383 e. The van der Waals surface area contributed by atoms with Gasteiger partial charge in [-0.15, -0.1) is 0 Å². The lowest BCUT2D eigenvalue weighted by molar-refractivity contribution is -0.0428. The number of aliphatic hydroxyl groups is 1. The third-order valence-electron chi connectivity index (χ3n) is 5.44. The van der Waals surface area contributed by atoms with Crippen LogP contribution in [0.25, 0.3) is 0 Å². The second-order valence-corrected chi connectivity index (χ2v) is 6.77. The number of benzene rings is 2. The van der Waals surface area contributed by atoms with Crippen LogP contribution >= 0.6 is 0 Å². The molecule has 2 aromatic rings. The number of amides is 1. The predicted octanol–water partition coefficient (Wildman–Crippen LogP) is 3.25. The summed E-state index contributed by atoms with van der Waals surface area (Å²) < 4.78 is 0. The Balaban J connectivity index is 1.88. The van der Waals surface area contributed by atoms with Crippen molar-refractivity contribution < 1.29 is 9.90 Å². The van der Waals surface area contributed by atoms with Crippen LogP contribution in [0.5, 0.6) is 0 Å². The highest BCUT2D eigenvalue weighted by atomic mass is 16.3. The van der Waals surface area contributed by atoms with Crippen molar-refractivity contribution in [3.05, 3.63) is 71.3 Å². The maximum Gasteiger partial charge on any atom is 0.255 e. The fourth-order valence-corrected chi connectivity index (χ4v) is 4.15. The quantitative estimate of drug-likeness (QED) is 0.876. The second-order valence-electron chi connectivity index (χ2n) is 6.77. The predicted molar refractivity (Wildman–Crippen MR) is 84.4 cm³/mol. The van der Waals surface area contributed by atoms with Gasteiger partial charge in [0, 0.05) is 12.0 Å². The van der Waals surface area contributed by atoms with Gasteiger partial charge in [0.2, 0.25) is 0 Å². The van der Waals surface area contributed by atoms with Crippen molar-refractivity contribution in [1.82, 2.24) is 4.90 Å². The summed E-state index contributed by atoms with van der Waals surface area (Å²) in [6.45, 7) is 3.92. The standard InChI is InChI=1S/C19H19NO2/c1-18(2)19(22,13-8-4-3-5-9-13)12-16-14-10-6-7-11-15(14)17(21)20(16)18/h3-11,16,22H,12H2,1-2H3/t16-,19?/m1/s1. The van der Waals surface area contributed by atoms with Crippen molar-refractivity contribution in [3.8, 4) is 0 Å². The van der Waals surface area contributed by atoms with Crippen molar-refractivity contribution in [2.24, 2.45) is 0 Å². The minimum absolute atomic E-state index is 0.0254. The summed E-state index contributed by atoms with van der Waals surface area (Å²) in [5.74, 6) is 0.0254. The van der Waals surface area contributed by atoms with Gasteiger partial charge in [-0.05, 0) is 31.0 Å². The van der Waals surface area contributed by atoms with Gasteiger partial charge in [-0.1, -0.05) is 48.5 Å². The second kappa shape index (κ2) is 4.20. The Morgan fingerprint density at radius 1 is 1.05 bits per heavy atom. The van der Waals surface area contributed by atoms with E-state index >= 15 is 0 Å². The number of carbonyl (C=O) groups is 1. The Morgan fingerprint density at radius 3 is 2.41 bits per heavy atom. The topological polar surface area (TPSA) is 40.5 Å². The first-order valence-electron chi connectivity index (χ1n) is 7.67. The third-order valence-corrected chi connectivity index (χ3v) is 5.44. The lowest BCUT2D eigenvalue weighted by Gasteiger charge is -2.41. The van der Waals surface area contributed by atoms with Crippen molar-refractivity contribution >= 4 is 5.91 Å². The highest BCUT2D eigenvalue weighted by Crippen LogP contribution is 2.57. The molecule has 3 heteroatoms. The molecule has 0 radical (unpaired) electrons. The van der Waals surface area contributed by atoms with Crippen molar-refractivity contribution in [1.29, 1.82) is 0 Å². The molecule has 0 saturated carbocycles. The maximum absolute atomic E-state index is 12.8. The SMILES string of the molecule is CC1(C)N2C(=O)c3ccccc3[C@H]2CC1(O)c1ccccc1. The van der Waals surface area contributed by atoms with E-state index < -0.39 is 11.1 Å². The lowest BCUT2D eigenvalue weighted by Crippen LogP contribution is -2.52. The molecule has 0 spiro atoms. The highest BCUT2D eigenvalue weighted by molar-refractivity contribution is 6.00. The van der Waals surface area contributed by atoms with E-state index in [0.717, 1.165) is 16.7 Å². The molecule has 22 heavy (non-hydrogen) atoms. The third kappa shape index (κ3) is 1.47. The van der Waals surface area contributed by atoms with E-state index in [1.165, 1.54) is 0 Å². The van der Waals surface area contributed by atoms with Crippen LogP contribution in [0.15, 0.2) is 54.6 Å². The van der Waals surface area contributed by atoms with Gasteiger partial charge in [-0.25, -0.2) is 0 Å². The Hall–Kier alpha value is -2.13. The van der Waals surface area contributed by atoms with Gasteiger partial charge >= 0.3 is 0 Å². The van der Waals surface area contributed by atoms with E-state index in [0.29, 0.717) is 6.42 Å². The van der Waals surface area contributed by atoms with Crippen molar-refractivity contribution in [2.45, 2.75) is 37.5 Å². The van der Waals surface area contributed by atoms with Gasteiger partial charge in [0.25, 0.3) is 5.91 Å². The molecule has 0 bridgehead atoms.